The van der Waals surface area contributed by atoms with Gasteiger partial charge in [0.25, 0.3) is 0 Å². The molecule has 1 aromatic carbocycles. The van der Waals surface area contributed by atoms with E-state index < -0.39 is 0 Å². The molecule has 4 aromatic heterocycles. The molecule has 9 nitrogen and oxygen atoms in total. The number of rotatable bonds is 18. The number of hydrogen-bond donors (Lipinski definition) is 1. The van der Waals surface area contributed by atoms with E-state index in [0.29, 0.717) is 52.4 Å². The van der Waals surface area contributed by atoms with Crippen LogP contribution in [0.2, 0.25) is 0 Å². The number of nitrogens with one attached hydrogen (secondary N) is 1. The quantitative estimate of drug-likeness (QED) is 0.0865. The molecular weight excluding hydrogens is 717 g/mol. The molecule has 0 aliphatic rings. The summed E-state index contributed by atoms with van der Waals surface area (Å²) in [5.74, 6) is 0.827. The molecular formula is C38H43N7O2Zn2. The molecule has 1 N–H and O–H groups in total. The monoisotopic (exact) mass is 757 g/mol. The summed E-state index contributed by atoms with van der Waals surface area (Å²) in [6, 6.07) is 30.7. The van der Waals surface area contributed by atoms with E-state index in [1.165, 1.54) is 0 Å². The zero-order valence-electron chi connectivity index (χ0n) is 28.5. The van der Waals surface area contributed by atoms with Crippen molar-refractivity contribution in [3.8, 4) is 5.75 Å². The van der Waals surface area contributed by atoms with Gasteiger partial charge in [0.15, 0.2) is 0 Å². The van der Waals surface area contributed by atoms with Crippen LogP contribution in [0, 0.1) is 0 Å². The first kappa shape index (κ1) is 39.7. The van der Waals surface area contributed by atoms with Gasteiger partial charge >= 0.3 is 0 Å². The number of aromatic nitrogens is 4. The molecule has 0 radical (unpaired) electrons. The van der Waals surface area contributed by atoms with Crippen molar-refractivity contribution in [1.82, 2.24) is 35.1 Å². The summed E-state index contributed by atoms with van der Waals surface area (Å²) in [5.41, 5.74) is 6.33. The second-order valence-corrected chi connectivity index (χ2v) is 11.6. The van der Waals surface area contributed by atoms with E-state index in [2.05, 4.69) is 77.5 Å². The van der Waals surface area contributed by atoms with Gasteiger partial charge in [0.05, 0.1) is 29.4 Å². The van der Waals surface area contributed by atoms with Gasteiger partial charge in [-0.15, -0.1) is 0 Å². The SMILES string of the molecule is CC(=O)NCCCCOc1cc(CN(Cc2ccccn2)Cc2ccccn2)cc(CN(Cc2ccccn2)Cc2ccccn2)c1.[Zn].[Zn]. The standard InChI is InChI=1S/C38H43N7O2.2Zn/c1-31(46)39-16-10-11-21-47-38-23-32(25-44(27-34-12-2-6-17-40-34)28-35-13-3-7-18-41-35)22-33(24-38)26-45(29-36-14-4-8-19-42-36)30-37-15-5-9-20-43-37;;/h2-9,12-15,17-20,22-24H,10-11,16,21,25-30H2,1H3,(H,39,46);;. The van der Waals surface area contributed by atoms with Gasteiger partial charge in [-0.05, 0) is 84.6 Å². The Morgan fingerprint density at radius 1 is 0.592 bits per heavy atom. The Labute approximate surface area is 315 Å². The minimum atomic E-state index is -0.00909. The molecule has 1 amide bonds. The van der Waals surface area contributed by atoms with Crippen molar-refractivity contribution in [3.63, 3.8) is 0 Å². The van der Waals surface area contributed by atoms with Crippen LogP contribution < -0.4 is 10.1 Å². The van der Waals surface area contributed by atoms with Gasteiger partial charge in [0, 0.05) is 116 Å². The van der Waals surface area contributed by atoms with Gasteiger partial charge < -0.3 is 10.1 Å². The second kappa shape index (κ2) is 22.1. The molecule has 5 aromatic rings. The molecule has 0 saturated heterocycles. The van der Waals surface area contributed by atoms with Crippen LogP contribution in [-0.2, 0) is 83.0 Å². The number of nitrogens with zero attached hydrogens (tertiary/aromatic N) is 6. The molecule has 11 heteroatoms. The first-order chi connectivity index (χ1) is 23.1. The van der Waals surface area contributed by atoms with Crippen LogP contribution in [0.3, 0.4) is 0 Å². The van der Waals surface area contributed by atoms with Crippen LogP contribution in [0.15, 0.2) is 116 Å². The molecule has 0 atom stereocenters. The second-order valence-electron chi connectivity index (χ2n) is 11.6. The Bertz CT molecular complexity index is 1450. The third-order valence-corrected chi connectivity index (χ3v) is 7.50. The fraction of sp³-hybridized carbons (Fsp3) is 0.289. The van der Waals surface area contributed by atoms with E-state index in [-0.39, 0.29) is 44.9 Å². The average Bonchev–Trinajstić information content (AvgIpc) is 3.08. The Kier molecular flexibility index (Phi) is 17.9. The van der Waals surface area contributed by atoms with Crippen molar-refractivity contribution in [3.05, 3.63) is 150 Å². The van der Waals surface area contributed by atoms with Crippen LogP contribution in [0.25, 0.3) is 0 Å². The van der Waals surface area contributed by atoms with E-state index in [4.69, 9.17) is 4.74 Å². The van der Waals surface area contributed by atoms with Crippen molar-refractivity contribution in [1.29, 1.82) is 0 Å². The van der Waals surface area contributed by atoms with E-state index in [0.717, 1.165) is 52.5 Å². The third-order valence-electron chi connectivity index (χ3n) is 7.50. The Morgan fingerprint density at radius 2 is 1.00 bits per heavy atom. The van der Waals surface area contributed by atoms with Crippen molar-refractivity contribution in [2.24, 2.45) is 0 Å². The number of carbonyl (C=O) groups excluding carboxylic acids is 1. The minimum absolute atomic E-state index is 0. The zero-order valence-corrected chi connectivity index (χ0v) is 34.4. The van der Waals surface area contributed by atoms with Gasteiger partial charge in [-0.2, -0.15) is 0 Å². The summed E-state index contributed by atoms with van der Waals surface area (Å²) in [5, 5.41) is 2.86. The van der Waals surface area contributed by atoms with Gasteiger partial charge in [0.2, 0.25) is 5.91 Å². The Morgan fingerprint density at radius 3 is 1.35 bits per heavy atom. The van der Waals surface area contributed by atoms with Crippen LogP contribution in [0.4, 0.5) is 0 Å². The van der Waals surface area contributed by atoms with Crippen molar-refractivity contribution in [2.75, 3.05) is 13.2 Å². The summed E-state index contributed by atoms with van der Waals surface area (Å²) in [7, 11) is 0. The molecule has 0 aliphatic heterocycles. The maximum atomic E-state index is 11.2. The number of unbranched alkanes of at least 4 members (excludes halogenated alkanes) is 1. The van der Waals surface area contributed by atoms with Crippen molar-refractivity contribution >= 4 is 5.91 Å². The predicted octanol–water partition coefficient (Wildman–Crippen LogP) is 5.96. The number of ether oxygens (including phenoxy) is 1. The summed E-state index contributed by atoms with van der Waals surface area (Å²) in [4.78, 5) is 34.4. The van der Waals surface area contributed by atoms with Crippen LogP contribution in [0.5, 0.6) is 5.75 Å². The normalized spacial score (nSPS) is 10.7. The van der Waals surface area contributed by atoms with Gasteiger partial charge in [-0.1, -0.05) is 30.3 Å². The topological polar surface area (TPSA) is 96.4 Å². The van der Waals surface area contributed by atoms with Crippen molar-refractivity contribution < 1.29 is 48.5 Å². The number of amides is 1. The van der Waals surface area contributed by atoms with E-state index >= 15 is 0 Å². The van der Waals surface area contributed by atoms with E-state index in [9.17, 15) is 4.79 Å². The molecule has 5 rings (SSSR count). The molecule has 0 spiro atoms. The molecule has 246 valence electrons. The maximum Gasteiger partial charge on any atom is 0.216 e. The largest absolute Gasteiger partial charge is 0.494 e. The van der Waals surface area contributed by atoms with Crippen LogP contribution in [0.1, 0.15) is 53.7 Å². The van der Waals surface area contributed by atoms with E-state index in [1.807, 2.05) is 73.3 Å². The number of pyridine rings is 4. The molecule has 0 aliphatic carbocycles. The fourth-order valence-electron chi connectivity index (χ4n) is 5.41. The molecule has 49 heavy (non-hydrogen) atoms. The summed E-state index contributed by atoms with van der Waals surface area (Å²) < 4.78 is 6.33. The summed E-state index contributed by atoms with van der Waals surface area (Å²) >= 11 is 0. The molecule has 0 saturated carbocycles. The molecule has 4 heterocycles. The molecule has 0 fully saturated rings. The van der Waals surface area contributed by atoms with Gasteiger partial charge in [0.1, 0.15) is 5.75 Å². The maximum absolute atomic E-state index is 11.2. The first-order valence-electron chi connectivity index (χ1n) is 16.1. The fourth-order valence-corrected chi connectivity index (χ4v) is 5.41. The number of benzene rings is 1. The smallest absolute Gasteiger partial charge is 0.216 e. The van der Waals surface area contributed by atoms with Crippen LogP contribution >= 0.6 is 0 Å². The zero-order chi connectivity index (χ0) is 32.5. The number of carbonyl (C=O) groups is 1. The van der Waals surface area contributed by atoms with Gasteiger partial charge in [-0.3, -0.25) is 34.5 Å². The summed E-state index contributed by atoms with van der Waals surface area (Å²) in [6.07, 6.45) is 9.05. The average molecular weight is 761 g/mol. The minimum Gasteiger partial charge on any atom is -0.494 e. The third kappa shape index (κ3) is 14.7. The number of hydrogen-bond acceptors (Lipinski definition) is 8. The molecule has 0 bridgehead atoms. The van der Waals surface area contributed by atoms with Crippen LogP contribution in [-0.4, -0.2) is 48.8 Å². The Hall–Kier alpha value is -3.74. The Balaban J connectivity index is 0.00000325. The molecule has 0 unspecified atom stereocenters. The van der Waals surface area contributed by atoms with E-state index in [1.54, 1.807) is 6.92 Å². The predicted molar refractivity (Wildman–Crippen MR) is 183 cm³/mol. The summed E-state index contributed by atoms with van der Waals surface area (Å²) in [6.45, 7) is 6.90. The van der Waals surface area contributed by atoms with Gasteiger partial charge in [-0.25, -0.2) is 0 Å². The first-order valence-corrected chi connectivity index (χ1v) is 16.1. The van der Waals surface area contributed by atoms with Crippen molar-refractivity contribution in [2.45, 2.75) is 59.0 Å².